The van der Waals surface area contributed by atoms with Gasteiger partial charge in [-0.2, -0.15) is 0 Å². The van der Waals surface area contributed by atoms with E-state index < -0.39 is 0 Å². The maximum Gasteiger partial charge on any atom is 0.337 e. The third-order valence-electron chi connectivity index (χ3n) is 2.25. The number of carbonyl (C=O) groups is 1. The number of methoxy groups -OCH3 is 1. The number of anilines is 2. The van der Waals surface area contributed by atoms with Crippen molar-refractivity contribution in [1.82, 2.24) is 4.98 Å². The number of nitrogens with one attached hydrogen (secondary N) is 1. The Labute approximate surface area is 113 Å². The first-order valence-corrected chi connectivity index (χ1v) is 6.15. The number of carbonyl (C=O) groups excluding carboxylic acids is 1. The van der Waals surface area contributed by atoms with Gasteiger partial charge in [0.2, 0.25) is 0 Å². The van der Waals surface area contributed by atoms with Crippen LogP contribution in [-0.2, 0) is 4.74 Å². The first kappa shape index (κ1) is 14.7. The second-order valence-corrected chi connectivity index (χ2v) is 3.43. The van der Waals surface area contributed by atoms with Crippen molar-refractivity contribution >= 4 is 17.3 Å². The number of aromatic nitrogens is 1. The highest BCUT2D eigenvalue weighted by atomic mass is 16.5. The molecule has 0 saturated heterocycles. The SMILES string of the molecule is CC.COC(=O)c1cccc(Nc2ccncc2)c1. The molecule has 0 aliphatic heterocycles. The molecule has 4 nitrogen and oxygen atoms in total. The van der Waals surface area contributed by atoms with Crippen LogP contribution in [0.15, 0.2) is 48.8 Å². The van der Waals surface area contributed by atoms with Crippen LogP contribution < -0.4 is 5.32 Å². The fraction of sp³-hybridized carbons (Fsp3) is 0.200. The van der Waals surface area contributed by atoms with Gasteiger partial charge < -0.3 is 10.1 Å². The Bertz CT molecular complexity index is 513. The summed E-state index contributed by atoms with van der Waals surface area (Å²) in [7, 11) is 1.37. The molecule has 1 aromatic carbocycles. The van der Waals surface area contributed by atoms with Gasteiger partial charge in [-0.25, -0.2) is 4.79 Å². The molecule has 0 radical (unpaired) electrons. The van der Waals surface area contributed by atoms with Crippen molar-refractivity contribution in [3.63, 3.8) is 0 Å². The highest BCUT2D eigenvalue weighted by Gasteiger charge is 2.05. The third-order valence-corrected chi connectivity index (χ3v) is 2.25. The van der Waals surface area contributed by atoms with E-state index in [2.05, 4.69) is 15.0 Å². The molecule has 1 aromatic heterocycles. The number of benzene rings is 1. The lowest BCUT2D eigenvalue weighted by atomic mass is 10.2. The molecular weight excluding hydrogens is 240 g/mol. The Morgan fingerprint density at radius 2 is 1.79 bits per heavy atom. The average Bonchev–Trinajstić information content (AvgIpc) is 2.50. The zero-order valence-corrected chi connectivity index (χ0v) is 11.4. The van der Waals surface area contributed by atoms with Crippen molar-refractivity contribution in [1.29, 1.82) is 0 Å². The van der Waals surface area contributed by atoms with Gasteiger partial charge in [-0.1, -0.05) is 19.9 Å². The largest absolute Gasteiger partial charge is 0.465 e. The summed E-state index contributed by atoms with van der Waals surface area (Å²) in [4.78, 5) is 15.3. The van der Waals surface area contributed by atoms with Gasteiger partial charge in [0.25, 0.3) is 0 Å². The van der Waals surface area contributed by atoms with Crippen LogP contribution in [0.3, 0.4) is 0 Å². The molecule has 0 saturated carbocycles. The summed E-state index contributed by atoms with van der Waals surface area (Å²) in [5, 5.41) is 3.18. The molecule has 0 fully saturated rings. The minimum absolute atomic E-state index is 0.344. The van der Waals surface area contributed by atoms with Gasteiger partial charge in [0.15, 0.2) is 0 Å². The molecule has 0 amide bonds. The summed E-state index contributed by atoms with van der Waals surface area (Å²) in [6.45, 7) is 4.00. The molecule has 0 aliphatic rings. The summed E-state index contributed by atoms with van der Waals surface area (Å²) in [5.41, 5.74) is 2.27. The van der Waals surface area contributed by atoms with Gasteiger partial charge in [-0.05, 0) is 30.3 Å². The lowest BCUT2D eigenvalue weighted by Crippen LogP contribution is -2.01. The summed E-state index contributed by atoms with van der Waals surface area (Å²) in [6, 6.07) is 10.8. The molecule has 100 valence electrons. The fourth-order valence-corrected chi connectivity index (χ4v) is 1.44. The predicted molar refractivity (Wildman–Crippen MR) is 76.6 cm³/mol. The van der Waals surface area contributed by atoms with E-state index in [1.165, 1.54) is 7.11 Å². The van der Waals surface area contributed by atoms with Gasteiger partial charge in [0, 0.05) is 23.8 Å². The van der Waals surface area contributed by atoms with E-state index in [1.807, 2.05) is 32.0 Å². The van der Waals surface area contributed by atoms with Crippen LogP contribution in [0.1, 0.15) is 24.2 Å². The number of hydrogen-bond donors (Lipinski definition) is 1. The van der Waals surface area contributed by atoms with Gasteiger partial charge in [0.05, 0.1) is 12.7 Å². The van der Waals surface area contributed by atoms with Crippen molar-refractivity contribution < 1.29 is 9.53 Å². The molecule has 4 heteroatoms. The Hall–Kier alpha value is -2.36. The van der Waals surface area contributed by atoms with Crippen LogP contribution >= 0.6 is 0 Å². The van der Waals surface area contributed by atoms with Crippen molar-refractivity contribution in [2.45, 2.75) is 13.8 Å². The second-order valence-electron chi connectivity index (χ2n) is 3.43. The van der Waals surface area contributed by atoms with Crippen molar-refractivity contribution in [3.05, 3.63) is 54.4 Å². The minimum Gasteiger partial charge on any atom is -0.465 e. The Kier molecular flexibility index (Phi) is 6.09. The van der Waals surface area contributed by atoms with E-state index in [0.29, 0.717) is 5.56 Å². The monoisotopic (exact) mass is 258 g/mol. The standard InChI is InChI=1S/C13H12N2O2.C2H6/c1-17-13(16)10-3-2-4-12(9-10)15-11-5-7-14-8-6-11;1-2/h2-9H,1H3,(H,14,15);1-2H3. The van der Waals surface area contributed by atoms with Crippen LogP contribution in [0.2, 0.25) is 0 Å². The number of pyridine rings is 1. The van der Waals surface area contributed by atoms with Crippen LogP contribution in [0.25, 0.3) is 0 Å². The topological polar surface area (TPSA) is 51.2 Å². The summed E-state index contributed by atoms with van der Waals surface area (Å²) in [5.74, 6) is -0.344. The van der Waals surface area contributed by atoms with Crippen LogP contribution in [0.4, 0.5) is 11.4 Å². The van der Waals surface area contributed by atoms with E-state index in [0.717, 1.165) is 11.4 Å². The van der Waals surface area contributed by atoms with E-state index in [-0.39, 0.29) is 5.97 Å². The first-order chi connectivity index (χ1) is 9.29. The van der Waals surface area contributed by atoms with Crippen LogP contribution in [0, 0.1) is 0 Å². The van der Waals surface area contributed by atoms with Gasteiger partial charge in [-0.3, -0.25) is 4.98 Å². The Morgan fingerprint density at radius 3 is 2.42 bits per heavy atom. The zero-order valence-electron chi connectivity index (χ0n) is 11.4. The molecule has 2 rings (SSSR count). The van der Waals surface area contributed by atoms with Crippen LogP contribution in [-0.4, -0.2) is 18.1 Å². The lowest BCUT2D eigenvalue weighted by Gasteiger charge is -2.07. The van der Waals surface area contributed by atoms with Gasteiger partial charge >= 0.3 is 5.97 Å². The lowest BCUT2D eigenvalue weighted by molar-refractivity contribution is 0.0601. The molecule has 0 aliphatic carbocycles. The number of ether oxygens (including phenoxy) is 1. The first-order valence-electron chi connectivity index (χ1n) is 6.15. The quantitative estimate of drug-likeness (QED) is 0.854. The molecule has 19 heavy (non-hydrogen) atoms. The van der Waals surface area contributed by atoms with E-state index in [9.17, 15) is 4.79 Å². The average molecular weight is 258 g/mol. The number of nitrogens with zero attached hydrogens (tertiary/aromatic N) is 1. The molecule has 0 bridgehead atoms. The zero-order chi connectivity index (χ0) is 14.1. The number of hydrogen-bond acceptors (Lipinski definition) is 4. The van der Waals surface area contributed by atoms with Gasteiger partial charge in [-0.15, -0.1) is 0 Å². The van der Waals surface area contributed by atoms with Crippen molar-refractivity contribution in [2.75, 3.05) is 12.4 Å². The molecular formula is C15H18N2O2. The molecule has 1 N–H and O–H groups in total. The minimum atomic E-state index is -0.344. The smallest absolute Gasteiger partial charge is 0.337 e. The summed E-state index contributed by atoms with van der Waals surface area (Å²) in [6.07, 6.45) is 3.40. The second kappa shape index (κ2) is 7.87. The normalized spacial score (nSPS) is 9.00. The molecule has 0 atom stereocenters. The van der Waals surface area contributed by atoms with Crippen LogP contribution in [0.5, 0.6) is 0 Å². The Balaban J connectivity index is 0.000000861. The summed E-state index contributed by atoms with van der Waals surface area (Å²) < 4.78 is 4.66. The van der Waals surface area contributed by atoms with Crippen molar-refractivity contribution in [2.24, 2.45) is 0 Å². The fourth-order valence-electron chi connectivity index (χ4n) is 1.44. The van der Waals surface area contributed by atoms with Gasteiger partial charge in [0.1, 0.15) is 0 Å². The van der Waals surface area contributed by atoms with E-state index in [4.69, 9.17) is 0 Å². The Morgan fingerprint density at radius 1 is 1.11 bits per heavy atom. The maximum atomic E-state index is 11.4. The van der Waals surface area contributed by atoms with E-state index >= 15 is 0 Å². The van der Waals surface area contributed by atoms with Crippen molar-refractivity contribution in [3.8, 4) is 0 Å². The highest BCUT2D eigenvalue weighted by Crippen LogP contribution is 2.17. The molecule has 2 aromatic rings. The highest BCUT2D eigenvalue weighted by molar-refractivity contribution is 5.90. The number of esters is 1. The predicted octanol–water partition coefficient (Wildman–Crippen LogP) is 3.64. The third kappa shape index (κ3) is 4.43. The molecule has 0 spiro atoms. The summed E-state index contributed by atoms with van der Waals surface area (Å²) >= 11 is 0. The molecule has 0 unspecified atom stereocenters. The number of rotatable bonds is 3. The van der Waals surface area contributed by atoms with E-state index in [1.54, 1.807) is 30.6 Å². The molecule has 1 heterocycles. The maximum absolute atomic E-state index is 11.4.